The molecule has 0 bridgehead atoms. The molecule has 2 heteroatoms. The molecule has 0 fully saturated rings. The van der Waals surface area contributed by atoms with Gasteiger partial charge in [-0.3, -0.25) is 9.18 Å². The van der Waals surface area contributed by atoms with E-state index in [0.29, 0.717) is 12.0 Å². The van der Waals surface area contributed by atoms with Crippen LogP contribution in [0, 0.1) is 0 Å². The van der Waals surface area contributed by atoms with Crippen LogP contribution >= 0.6 is 0 Å². The summed E-state index contributed by atoms with van der Waals surface area (Å²) in [7, 11) is 0. The van der Waals surface area contributed by atoms with Gasteiger partial charge >= 0.3 is 0 Å². The minimum atomic E-state index is -0.437. The fourth-order valence-corrected chi connectivity index (χ4v) is 1.85. The van der Waals surface area contributed by atoms with Crippen LogP contribution in [-0.2, 0) is 0 Å². The van der Waals surface area contributed by atoms with Crippen molar-refractivity contribution in [1.82, 2.24) is 0 Å². The number of rotatable bonds is 5. The van der Waals surface area contributed by atoms with Gasteiger partial charge in [0.15, 0.2) is 5.78 Å². The van der Waals surface area contributed by atoms with E-state index in [4.69, 9.17) is 0 Å². The van der Waals surface area contributed by atoms with Gasteiger partial charge in [0.05, 0.1) is 6.67 Å². The monoisotopic (exact) mass is 242 g/mol. The molecule has 0 heterocycles. The smallest absolute Gasteiger partial charge is 0.162 e. The SMILES string of the molecule is O=C(CCCF)c1ccc(-c2ccccc2)cc1. The summed E-state index contributed by atoms with van der Waals surface area (Å²) in [5, 5.41) is 0. The standard InChI is InChI=1S/C16H15FO/c17-12-4-7-16(18)15-10-8-14(9-11-15)13-5-2-1-3-6-13/h1-3,5-6,8-11H,4,7,12H2. The maximum Gasteiger partial charge on any atom is 0.162 e. The van der Waals surface area contributed by atoms with E-state index in [0.717, 1.165) is 11.1 Å². The van der Waals surface area contributed by atoms with Gasteiger partial charge in [-0.1, -0.05) is 54.6 Å². The Morgan fingerprint density at radius 3 is 2.11 bits per heavy atom. The zero-order chi connectivity index (χ0) is 12.8. The highest BCUT2D eigenvalue weighted by atomic mass is 19.1. The van der Waals surface area contributed by atoms with Gasteiger partial charge in [-0.25, -0.2) is 0 Å². The third-order valence-corrected chi connectivity index (χ3v) is 2.85. The molecule has 0 unspecified atom stereocenters. The molecule has 0 radical (unpaired) electrons. The molecule has 0 aliphatic rings. The molecule has 0 amide bonds. The molecule has 0 aliphatic carbocycles. The number of benzene rings is 2. The van der Waals surface area contributed by atoms with E-state index in [1.165, 1.54) is 0 Å². The molecule has 0 aromatic heterocycles. The van der Waals surface area contributed by atoms with Gasteiger partial charge in [0.2, 0.25) is 0 Å². The number of Topliss-reactive ketones (excluding diaryl/α,β-unsaturated/α-hetero) is 1. The predicted molar refractivity (Wildman–Crippen MR) is 71.4 cm³/mol. The number of hydrogen-bond acceptors (Lipinski definition) is 1. The molecule has 0 saturated heterocycles. The van der Waals surface area contributed by atoms with Crippen molar-refractivity contribution in [3.8, 4) is 11.1 Å². The second-order valence-corrected chi connectivity index (χ2v) is 4.16. The minimum Gasteiger partial charge on any atom is -0.294 e. The number of carbonyl (C=O) groups is 1. The van der Waals surface area contributed by atoms with E-state index in [1.807, 2.05) is 54.6 Å². The van der Waals surface area contributed by atoms with Crippen LogP contribution in [0.5, 0.6) is 0 Å². The van der Waals surface area contributed by atoms with Gasteiger partial charge in [0, 0.05) is 12.0 Å². The molecule has 92 valence electrons. The van der Waals surface area contributed by atoms with Crippen LogP contribution in [0.25, 0.3) is 11.1 Å². The van der Waals surface area contributed by atoms with Gasteiger partial charge in [-0.05, 0) is 17.5 Å². The van der Waals surface area contributed by atoms with E-state index in [9.17, 15) is 9.18 Å². The van der Waals surface area contributed by atoms with Crippen LogP contribution in [0.2, 0.25) is 0 Å². The highest BCUT2D eigenvalue weighted by molar-refractivity contribution is 5.96. The highest BCUT2D eigenvalue weighted by Crippen LogP contribution is 2.19. The average Bonchev–Trinajstić information content (AvgIpc) is 2.46. The lowest BCUT2D eigenvalue weighted by molar-refractivity contribution is 0.0977. The molecule has 0 N–H and O–H groups in total. The third kappa shape index (κ3) is 3.04. The minimum absolute atomic E-state index is 0.00672. The average molecular weight is 242 g/mol. The molecule has 2 aromatic rings. The fourth-order valence-electron chi connectivity index (χ4n) is 1.85. The lowest BCUT2D eigenvalue weighted by Gasteiger charge is -2.03. The van der Waals surface area contributed by atoms with Gasteiger partial charge in [-0.15, -0.1) is 0 Å². The maximum absolute atomic E-state index is 12.0. The lowest BCUT2D eigenvalue weighted by Crippen LogP contribution is -1.99. The van der Waals surface area contributed by atoms with Crippen molar-refractivity contribution in [3.63, 3.8) is 0 Å². The summed E-state index contributed by atoms with van der Waals surface area (Å²) < 4.78 is 12.0. The second-order valence-electron chi connectivity index (χ2n) is 4.16. The van der Waals surface area contributed by atoms with E-state index in [1.54, 1.807) is 0 Å². The number of hydrogen-bond donors (Lipinski definition) is 0. The molecular formula is C16H15FO. The number of ketones is 1. The maximum atomic E-state index is 12.0. The number of alkyl halides is 1. The fraction of sp³-hybridized carbons (Fsp3) is 0.188. The first-order valence-electron chi connectivity index (χ1n) is 6.06. The molecule has 2 aromatic carbocycles. The molecule has 0 spiro atoms. The van der Waals surface area contributed by atoms with Crippen LogP contribution in [-0.4, -0.2) is 12.5 Å². The topological polar surface area (TPSA) is 17.1 Å². The normalized spacial score (nSPS) is 10.3. The number of carbonyl (C=O) groups excluding carboxylic acids is 1. The summed E-state index contributed by atoms with van der Waals surface area (Å²) in [6, 6.07) is 17.5. The Bertz CT molecular complexity index is 502. The van der Waals surface area contributed by atoms with Gasteiger partial charge in [-0.2, -0.15) is 0 Å². The molecule has 0 aliphatic heterocycles. The van der Waals surface area contributed by atoms with Crippen molar-refractivity contribution >= 4 is 5.78 Å². The van der Waals surface area contributed by atoms with Crippen LogP contribution in [0.3, 0.4) is 0 Å². The quantitative estimate of drug-likeness (QED) is 0.715. The van der Waals surface area contributed by atoms with Crippen molar-refractivity contribution < 1.29 is 9.18 Å². The summed E-state index contributed by atoms with van der Waals surface area (Å²) in [4.78, 5) is 11.7. The Balaban J connectivity index is 2.13. The van der Waals surface area contributed by atoms with E-state index in [2.05, 4.69) is 0 Å². The summed E-state index contributed by atoms with van der Waals surface area (Å²) in [5.41, 5.74) is 2.86. The van der Waals surface area contributed by atoms with Crippen molar-refractivity contribution in [1.29, 1.82) is 0 Å². The zero-order valence-corrected chi connectivity index (χ0v) is 10.1. The summed E-state index contributed by atoms with van der Waals surface area (Å²) >= 11 is 0. The molecule has 0 saturated carbocycles. The van der Waals surface area contributed by atoms with Crippen LogP contribution < -0.4 is 0 Å². The Hall–Kier alpha value is -1.96. The summed E-state index contributed by atoms with van der Waals surface area (Å²) in [6.45, 7) is -0.437. The zero-order valence-electron chi connectivity index (χ0n) is 10.1. The second kappa shape index (κ2) is 6.10. The molecule has 0 atom stereocenters. The Morgan fingerprint density at radius 2 is 1.50 bits per heavy atom. The molecule has 2 rings (SSSR count). The first-order chi connectivity index (χ1) is 8.81. The van der Waals surface area contributed by atoms with Crippen molar-refractivity contribution in [2.24, 2.45) is 0 Å². The van der Waals surface area contributed by atoms with Gasteiger partial charge in [0.1, 0.15) is 0 Å². The van der Waals surface area contributed by atoms with E-state index >= 15 is 0 Å². The molecule has 1 nitrogen and oxygen atoms in total. The van der Waals surface area contributed by atoms with E-state index in [-0.39, 0.29) is 12.2 Å². The Kier molecular flexibility index (Phi) is 4.24. The molecular weight excluding hydrogens is 227 g/mol. The Labute approximate surface area is 106 Å². The summed E-state index contributed by atoms with van der Waals surface area (Å²) in [5.74, 6) is 0.00672. The van der Waals surface area contributed by atoms with Crippen LogP contribution in [0.4, 0.5) is 4.39 Å². The van der Waals surface area contributed by atoms with Gasteiger partial charge < -0.3 is 0 Å². The Morgan fingerprint density at radius 1 is 0.889 bits per heavy atom. The van der Waals surface area contributed by atoms with E-state index < -0.39 is 6.67 Å². The van der Waals surface area contributed by atoms with Crippen molar-refractivity contribution in [3.05, 3.63) is 60.2 Å². The van der Waals surface area contributed by atoms with Crippen molar-refractivity contribution in [2.75, 3.05) is 6.67 Å². The van der Waals surface area contributed by atoms with Crippen LogP contribution in [0.1, 0.15) is 23.2 Å². The largest absolute Gasteiger partial charge is 0.294 e. The summed E-state index contributed by atoms with van der Waals surface area (Å²) in [6.07, 6.45) is 0.584. The lowest BCUT2D eigenvalue weighted by atomic mass is 10.0. The van der Waals surface area contributed by atoms with Gasteiger partial charge in [0.25, 0.3) is 0 Å². The number of halogens is 1. The third-order valence-electron chi connectivity index (χ3n) is 2.85. The van der Waals surface area contributed by atoms with Crippen LogP contribution in [0.15, 0.2) is 54.6 Å². The van der Waals surface area contributed by atoms with Crippen molar-refractivity contribution in [2.45, 2.75) is 12.8 Å². The first kappa shape index (κ1) is 12.5. The highest BCUT2D eigenvalue weighted by Gasteiger charge is 2.05. The first-order valence-corrected chi connectivity index (χ1v) is 6.06. The predicted octanol–water partition coefficient (Wildman–Crippen LogP) is 4.29. The molecule has 18 heavy (non-hydrogen) atoms.